The summed E-state index contributed by atoms with van der Waals surface area (Å²) in [6, 6.07) is 13.8. The maximum atomic E-state index is 10.3. The van der Waals surface area contributed by atoms with Crippen molar-refractivity contribution in [2.75, 3.05) is 0 Å². The maximum Gasteiger partial charge on any atom is 0.0841 e. The van der Waals surface area contributed by atoms with Gasteiger partial charge in [0, 0.05) is 18.6 Å². The first-order valence-corrected chi connectivity index (χ1v) is 7.97. The summed E-state index contributed by atoms with van der Waals surface area (Å²) >= 11 is 10.5. The summed E-state index contributed by atoms with van der Waals surface area (Å²) in [5, 5.41) is 10.9. The van der Waals surface area contributed by atoms with E-state index in [1.807, 2.05) is 42.5 Å². The first-order chi connectivity index (χ1) is 8.56. The molecule has 2 rings (SSSR count). The Labute approximate surface area is 139 Å². The highest BCUT2D eigenvalue weighted by atomic mass is 127. The van der Waals surface area contributed by atoms with E-state index in [9.17, 15) is 5.11 Å². The lowest BCUT2D eigenvalue weighted by atomic mass is 10.0. The number of aliphatic hydroxyl groups excluding tert-OH is 1. The molecular formula is C14H11ClI2O. The zero-order valence-corrected chi connectivity index (χ0v) is 14.5. The van der Waals surface area contributed by atoms with Crippen LogP contribution in [0.25, 0.3) is 0 Å². The zero-order chi connectivity index (χ0) is 13.1. The molecule has 2 aromatic rings. The fraction of sp³-hybridized carbons (Fsp3) is 0.143. The van der Waals surface area contributed by atoms with Crippen LogP contribution in [0.5, 0.6) is 0 Å². The number of hydrogen-bond donors (Lipinski definition) is 1. The smallest absolute Gasteiger partial charge is 0.0841 e. The third-order valence-corrected chi connectivity index (χ3v) is 4.60. The summed E-state index contributed by atoms with van der Waals surface area (Å²) in [5.41, 5.74) is 2.01. The molecular weight excluding hydrogens is 473 g/mol. The van der Waals surface area contributed by atoms with Crippen molar-refractivity contribution >= 4 is 56.8 Å². The van der Waals surface area contributed by atoms with Crippen molar-refractivity contribution in [1.82, 2.24) is 0 Å². The quantitative estimate of drug-likeness (QED) is 0.620. The van der Waals surface area contributed by atoms with Crippen LogP contribution < -0.4 is 0 Å². The summed E-state index contributed by atoms with van der Waals surface area (Å²) in [4.78, 5) is 0. The molecule has 1 unspecified atom stereocenters. The van der Waals surface area contributed by atoms with Gasteiger partial charge in [-0.15, -0.1) is 0 Å². The fourth-order valence-corrected chi connectivity index (χ4v) is 2.96. The molecule has 0 aromatic heterocycles. The van der Waals surface area contributed by atoms with Crippen molar-refractivity contribution in [3.8, 4) is 0 Å². The van der Waals surface area contributed by atoms with E-state index in [1.54, 1.807) is 0 Å². The molecule has 18 heavy (non-hydrogen) atoms. The molecule has 94 valence electrons. The largest absolute Gasteiger partial charge is 0.388 e. The third kappa shape index (κ3) is 3.82. The van der Waals surface area contributed by atoms with Gasteiger partial charge in [-0.2, -0.15) is 0 Å². The lowest BCUT2D eigenvalue weighted by Gasteiger charge is -2.13. The Morgan fingerprint density at radius 1 is 1.06 bits per heavy atom. The lowest BCUT2D eigenvalue weighted by molar-refractivity contribution is 0.177. The highest BCUT2D eigenvalue weighted by molar-refractivity contribution is 14.1. The Hall–Kier alpha value is 0.150. The summed E-state index contributed by atoms with van der Waals surface area (Å²) in [5.74, 6) is 0. The number of rotatable bonds is 3. The first-order valence-electron chi connectivity index (χ1n) is 5.44. The van der Waals surface area contributed by atoms with Crippen LogP contribution in [-0.4, -0.2) is 5.11 Å². The number of halogens is 3. The molecule has 0 saturated carbocycles. The second kappa shape index (κ2) is 6.54. The lowest BCUT2D eigenvalue weighted by Crippen LogP contribution is -2.04. The number of aliphatic hydroxyl groups is 1. The molecule has 2 aromatic carbocycles. The van der Waals surface area contributed by atoms with Crippen LogP contribution in [0.3, 0.4) is 0 Å². The second-order valence-electron chi connectivity index (χ2n) is 4.01. The minimum atomic E-state index is -0.518. The normalized spacial score (nSPS) is 12.4. The van der Waals surface area contributed by atoms with Gasteiger partial charge in [-0.3, -0.25) is 0 Å². The number of benzene rings is 2. The van der Waals surface area contributed by atoms with Crippen molar-refractivity contribution < 1.29 is 5.11 Å². The summed E-state index contributed by atoms with van der Waals surface area (Å²) in [7, 11) is 0. The molecule has 0 bridgehead atoms. The monoisotopic (exact) mass is 484 g/mol. The third-order valence-electron chi connectivity index (χ3n) is 2.66. The van der Waals surface area contributed by atoms with Crippen LogP contribution >= 0.6 is 56.8 Å². The molecule has 4 heteroatoms. The van der Waals surface area contributed by atoms with Gasteiger partial charge < -0.3 is 5.11 Å². The maximum absolute atomic E-state index is 10.3. The van der Waals surface area contributed by atoms with Gasteiger partial charge in [0.15, 0.2) is 0 Å². The topological polar surface area (TPSA) is 20.2 Å². The Morgan fingerprint density at radius 3 is 2.39 bits per heavy atom. The van der Waals surface area contributed by atoms with E-state index in [0.29, 0.717) is 11.4 Å². The van der Waals surface area contributed by atoms with E-state index in [1.165, 1.54) is 3.57 Å². The van der Waals surface area contributed by atoms with Crippen molar-refractivity contribution in [2.24, 2.45) is 0 Å². The zero-order valence-electron chi connectivity index (χ0n) is 9.41. The molecule has 0 heterocycles. The highest BCUT2D eigenvalue weighted by Gasteiger charge is 2.12. The van der Waals surface area contributed by atoms with Gasteiger partial charge in [-0.1, -0.05) is 23.7 Å². The van der Waals surface area contributed by atoms with Gasteiger partial charge in [0.25, 0.3) is 0 Å². The van der Waals surface area contributed by atoms with E-state index in [4.69, 9.17) is 11.6 Å². The average Bonchev–Trinajstić information content (AvgIpc) is 2.35. The molecule has 0 amide bonds. The van der Waals surface area contributed by atoms with Gasteiger partial charge in [0.05, 0.1) is 6.10 Å². The minimum absolute atomic E-state index is 0.518. The molecule has 0 aliphatic rings. The van der Waals surface area contributed by atoms with Crippen LogP contribution in [0.4, 0.5) is 0 Å². The van der Waals surface area contributed by atoms with E-state index in [0.717, 1.165) is 14.7 Å². The van der Waals surface area contributed by atoms with Crippen LogP contribution in [0, 0.1) is 7.14 Å². The molecule has 0 fully saturated rings. The molecule has 1 nitrogen and oxygen atoms in total. The van der Waals surface area contributed by atoms with Gasteiger partial charge in [0.1, 0.15) is 0 Å². The molecule has 0 radical (unpaired) electrons. The first kappa shape index (κ1) is 14.6. The Morgan fingerprint density at radius 2 is 1.72 bits per heavy atom. The molecule has 0 aliphatic heterocycles. The minimum Gasteiger partial charge on any atom is -0.388 e. The SMILES string of the molecule is OC(Cc1ccc(I)cc1)c1cc(Cl)ccc1I. The van der Waals surface area contributed by atoms with E-state index < -0.39 is 6.10 Å². The van der Waals surface area contributed by atoms with E-state index >= 15 is 0 Å². The molecule has 1 atom stereocenters. The Bertz CT molecular complexity index is 540. The van der Waals surface area contributed by atoms with Crippen LogP contribution in [0.2, 0.25) is 5.02 Å². The highest BCUT2D eigenvalue weighted by Crippen LogP contribution is 2.26. The van der Waals surface area contributed by atoms with Crippen LogP contribution in [0.15, 0.2) is 42.5 Å². The van der Waals surface area contributed by atoms with Gasteiger partial charge >= 0.3 is 0 Å². The molecule has 1 N–H and O–H groups in total. The average molecular weight is 485 g/mol. The van der Waals surface area contributed by atoms with E-state index in [2.05, 4.69) is 45.2 Å². The van der Waals surface area contributed by atoms with Crippen LogP contribution in [-0.2, 0) is 6.42 Å². The standard InChI is InChI=1S/C14H11ClI2O/c15-10-3-6-13(17)12(8-10)14(18)7-9-1-4-11(16)5-2-9/h1-6,8,14,18H,7H2. The number of hydrogen-bond acceptors (Lipinski definition) is 1. The molecule has 0 saturated heterocycles. The molecule has 0 aliphatic carbocycles. The van der Waals surface area contributed by atoms with Gasteiger partial charge in [-0.05, 0) is 86.6 Å². The summed E-state index contributed by atoms with van der Waals surface area (Å²) < 4.78 is 2.23. The summed E-state index contributed by atoms with van der Waals surface area (Å²) in [6.07, 6.45) is 0.0865. The fourth-order valence-electron chi connectivity index (χ4n) is 1.72. The van der Waals surface area contributed by atoms with Gasteiger partial charge in [0.2, 0.25) is 0 Å². The van der Waals surface area contributed by atoms with Gasteiger partial charge in [-0.25, -0.2) is 0 Å². The Kier molecular flexibility index (Phi) is 5.29. The van der Waals surface area contributed by atoms with Crippen molar-refractivity contribution in [3.05, 3.63) is 65.8 Å². The summed E-state index contributed by atoms with van der Waals surface area (Å²) in [6.45, 7) is 0. The Balaban J connectivity index is 2.18. The molecule has 0 spiro atoms. The van der Waals surface area contributed by atoms with E-state index in [-0.39, 0.29) is 0 Å². The predicted molar refractivity (Wildman–Crippen MR) is 92.0 cm³/mol. The second-order valence-corrected chi connectivity index (χ2v) is 6.86. The predicted octanol–water partition coefficient (Wildman–Crippen LogP) is 4.83. The van der Waals surface area contributed by atoms with Crippen LogP contribution in [0.1, 0.15) is 17.2 Å². The van der Waals surface area contributed by atoms with Crippen molar-refractivity contribution in [1.29, 1.82) is 0 Å². The van der Waals surface area contributed by atoms with Crippen molar-refractivity contribution in [3.63, 3.8) is 0 Å². The van der Waals surface area contributed by atoms with Crippen molar-refractivity contribution in [2.45, 2.75) is 12.5 Å².